The van der Waals surface area contributed by atoms with Gasteiger partial charge in [0, 0.05) is 28.4 Å². The maximum Gasteiger partial charge on any atom is 0.227 e. The summed E-state index contributed by atoms with van der Waals surface area (Å²) in [6.45, 7) is 3.98. The van der Waals surface area contributed by atoms with E-state index in [1.807, 2.05) is 50.4 Å². The molecule has 0 spiro atoms. The van der Waals surface area contributed by atoms with Crippen LogP contribution in [0.25, 0.3) is 10.8 Å². The normalized spacial score (nSPS) is 10.6. The number of benzene rings is 2. The van der Waals surface area contributed by atoms with Gasteiger partial charge in [0.1, 0.15) is 5.75 Å². The van der Waals surface area contributed by atoms with Crippen molar-refractivity contribution in [1.82, 2.24) is 9.97 Å². The molecule has 0 radical (unpaired) electrons. The lowest BCUT2D eigenvalue weighted by Gasteiger charge is -2.12. The van der Waals surface area contributed by atoms with Crippen molar-refractivity contribution >= 4 is 22.4 Å². The van der Waals surface area contributed by atoms with Gasteiger partial charge in [0.15, 0.2) is 0 Å². The summed E-state index contributed by atoms with van der Waals surface area (Å²) in [6.07, 6.45) is 1.83. The minimum absolute atomic E-state index is 0.605. The van der Waals surface area contributed by atoms with E-state index in [0.717, 1.165) is 33.5 Å². The molecule has 0 amide bonds. The first-order valence-electron chi connectivity index (χ1n) is 6.82. The fourth-order valence-corrected chi connectivity index (χ4v) is 2.27. The van der Waals surface area contributed by atoms with Crippen molar-refractivity contribution < 1.29 is 4.74 Å². The lowest BCUT2D eigenvalue weighted by Crippen LogP contribution is -2.00. The van der Waals surface area contributed by atoms with Crippen LogP contribution in [0.5, 0.6) is 5.75 Å². The van der Waals surface area contributed by atoms with E-state index in [0.29, 0.717) is 5.95 Å². The Morgan fingerprint density at radius 1 is 1.00 bits per heavy atom. The Bertz CT molecular complexity index is 799. The summed E-state index contributed by atoms with van der Waals surface area (Å²) >= 11 is 0. The fraction of sp³-hybridized carbons (Fsp3) is 0.176. The Kier molecular flexibility index (Phi) is 3.44. The Labute approximate surface area is 123 Å². The van der Waals surface area contributed by atoms with Gasteiger partial charge in [-0.1, -0.05) is 24.3 Å². The summed E-state index contributed by atoms with van der Waals surface area (Å²) in [6, 6.07) is 12.0. The average molecular weight is 279 g/mol. The predicted octanol–water partition coefficient (Wildman–Crippen LogP) is 4.00. The zero-order valence-corrected chi connectivity index (χ0v) is 12.3. The lowest BCUT2D eigenvalue weighted by molar-refractivity contribution is 0.420. The van der Waals surface area contributed by atoms with E-state index in [4.69, 9.17) is 4.74 Å². The Morgan fingerprint density at radius 3 is 2.48 bits per heavy atom. The van der Waals surface area contributed by atoms with Crippen LogP contribution in [0.1, 0.15) is 11.3 Å². The number of nitrogens with zero attached hydrogens (tertiary/aromatic N) is 2. The molecule has 1 heterocycles. The number of rotatable bonds is 3. The molecule has 4 nitrogen and oxygen atoms in total. The van der Waals surface area contributed by atoms with Crippen molar-refractivity contribution in [2.75, 3.05) is 12.4 Å². The van der Waals surface area contributed by atoms with Gasteiger partial charge in [-0.25, -0.2) is 9.97 Å². The number of aryl methyl sites for hydroxylation is 2. The van der Waals surface area contributed by atoms with Crippen LogP contribution in [0, 0.1) is 13.8 Å². The highest BCUT2D eigenvalue weighted by atomic mass is 16.5. The van der Waals surface area contributed by atoms with Crippen LogP contribution in [0.4, 0.5) is 11.6 Å². The maximum absolute atomic E-state index is 5.41. The average Bonchev–Trinajstić information content (AvgIpc) is 2.51. The van der Waals surface area contributed by atoms with Crippen molar-refractivity contribution in [2.24, 2.45) is 0 Å². The molecule has 1 N–H and O–H groups in total. The number of anilines is 2. The van der Waals surface area contributed by atoms with E-state index in [2.05, 4.69) is 21.4 Å². The monoisotopic (exact) mass is 279 g/mol. The first-order valence-corrected chi connectivity index (χ1v) is 6.82. The molecule has 21 heavy (non-hydrogen) atoms. The molecule has 3 aromatic rings. The number of fused-ring (bicyclic) bond motifs is 1. The van der Waals surface area contributed by atoms with Crippen molar-refractivity contribution in [1.29, 1.82) is 0 Å². The molecule has 3 rings (SSSR count). The van der Waals surface area contributed by atoms with Gasteiger partial charge in [0.05, 0.1) is 7.11 Å². The summed E-state index contributed by atoms with van der Waals surface area (Å²) in [5.41, 5.74) is 3.03. The highest BCUT2D eigenvalue weighted by Gasteiger charge is 2.07. The van der Waals surface area contributed by atoms with Crippen LogP contribution in [0.3, 0.4) is 0 Å². The number of methoxy groups -OCH3 is 1. The second kappa shape index (κ2) is 5.40. The number of hydrogen-bond donors (Lipinski definition) is 1. The molecule has 4 heteroatoms. The Hall–Kier alpha value is -2.62. The topological polar surface area (TPSA) is 47.0 Å². The highest BCUT2D eigenvalue weighted by Crippen LogP contribution is 2.32. The van der Waals surface area contributed by atoms with Crippen molar-refractivity contribution in [3.63, 3.8) is 0 Å². The van der Waals surface area contributed by atoms with E-state index in [-0.39, 0.29) is 0 Å². The van der Waals surface area contributed by atoms with Gasteiger partial charge in [-0.05, 0) is 31.5 Å². The Balaban J connectivity index is 2.06. The highest BCUT2D eigenvalue weighted by molar-refractivity contribution is 5.98. The zero-order chi connectivity index (χ0) is 14.8. The third-order valence-corrected chi connectivity index (χ3v) is 3.58. The maximum atomic E-state index is 5.41. The lowest BCUT2D eigenvalue weighted by atomic mass is 10.1. The smallest absolute Gasteiger partial charge is 0.227 e. The second-order valence-corrected chi connectivity index (χ2v) is 4.95. The fourth-order valence-electron chi connectivity index (χ4n) is 2.27. The SMILES string of the molecule is COc1ccc(Nc2ncc(C)c(C)n2)c2ccccc12. The van der Waals surface area contributed by atoms with Crippen LogP contribution in [-0.2, 0) is 0 Å². The summed E-state index contributed by atoms with van der Waals surface area (Å²) in [5.74, 6) is 1.46. The van der Waals surface area contributed by atoms with Gasteiger partial charge >= 0.3 is 0 Å². The summed E-state index contributed by atoms with van der Waals surface area (Å²) < 4.78 is 5.41. The molecule has 0 unspecified atom stereocenters. The molecule has 0 saturated heterocycles. The first kappa shape index (κ1) is 13.4. The molecule has 0 aliphatic rings. The van der Waals surface area contributed by atoms with Gasteiger partial charge in [0.25, 0.3) is 0 Å². The third-order valence-electron chi connectivity index (χ3n) is 3.58. The largest absolute Gasteiger partial charge is 0.496 e. The van der Waals surface area contributed by atoms with Gasteiger partial charge in [-0.15, -0.1) is 0 Å². The Morgan fingerprint density at radius 2 is 1.76 bits per heavy atom. The minimum Gasteiger partial charge on any atom is -0.496 e. The van der Waals surface area contributed by atoms with E-state index < -0.39 is 0 Å². The van der Waals surface area contributed by atoms with Crippen LogP contribution < -0.4 is 10.1 Å². The van der Waals surface area contributed by atoms with Gasteiger partial charge in [-0.2, -0.15) is 0 Å². The molecule has 0 saturated carbocycles. The molecule has 0 fully saturated rings. The number of nitrogens with one attached hydrogen (secondary N) is 1. The zero-order valence-electron chi connectivity index (χ0n) is 12.3. The van der Waals surface area contributed by atoms with Crippen molar-refractivity contribution in [3.8, 4) is 5.75 Å². The molecule has 2 aromatic carbocycles. The molecular formula is C17H17N3O. The van der Waals surface area contributed by atoms with E-state index >= 15 is 0 Å². The predicted molar refractivity (Wildman–Crippen MR) is 85.3 cm³/mol. The van der Waals surface area contributed by atoms with Crippen LogP contribution >= 0.6 is 0 Å². The van der Waals surface area contributed by atoms with Crippen LogP contribution in [-0.4, -0.2) is 17.1 Å². The first-order chi connectivity index (χ1) is 10.2. The van der Waals surface area contributed by atoms with Crippen molar-refractivity contribution in [2.45, 2.75) is 13.8 Å². The van der Waals surface area contributed by atoms with Crippen LogP contribution in [0.15, 0.2) is 42.6 Å². The third kappa shape index (κ3) is 2.52. The molecule has 106 valence electrons. The van der Waals surface area contributed by atoms with E-state index in [1.54, 1.807) is 7.11 Å². The summed E-state index contributed by atoms with van der Waals surface area (Å²) in [7, 11) is 1.68. The number of aromatic nitrogens is 2. The molecule has 1 aromatic heterocycles. The van der Waals surface area contributed by atoms with Crippen molar-refractivity contribution in [3.05, 3.63) is 53.9 Å². The molecule has 0 aliphatic carbocycles. The molecule has 0 aliphatic heterocycles. The van der Waals surface area contributed by atoms with Crippen LogP contribution in [0.2, 0.25) is 0 Å². The van der Waals surface area contributed by atoms with E-state index in [1.165, 1.54) is 0 Å². The summed E-state index contributed by atoms with van der Waals surface area (Å²) in [5, 5.41) is 5.43. The number of hydrogen-bond acceptors (Lipinski definition) is 4. The molecule has 0 atom stereocenters. The standard InChI is InChI=1S/C17H17N3O/c1-11-10-18-17(19-12(11)2)20-15-8-9-16(21-3)14-7-5-4-6-13(14)15/h4-10H,1-3H3,(H,18,19,20). The van der Waals surface area contributed by atoms with Gasteiger partial charge in [-0.3, -0.25) is 0 Å². The van der Waals surface area contributed by atoms with Gasteiger partial charge < -0.3 is 10.1 Å². The number of ether oxygens (including phenoxy) is 1. The van der Waals surface area contributed by atoms with Gasteiger partial charge in [0.2, 0.25) is 5.95 Å². The molecule has 0 bridgehead atoms. The molecular weight excluding hydrogens is 262 g/mol. The van der Waals surface area contributed by atoms with E-state index in [9.17, 15) is 0 Å². The second-order valence-electron chi connectivity index (χ2n) is 4.95. The minimum atomic E-state index is 0.605. The quantitative estimate of drug-likeness (QED) is 0.787. The summed E-state index contributed by atoms with van der Waals surface area (Å²) in [4.78, 5) is 8.79.